The second-order valence-electron chi connectivity index (χ2n) is 5.51. The van der Waals surface area contributed by atoms with Crippen molar-refractivity contribution in [3.8, 4) is 0 Å². The van der Waals surface area contributed by atoms with Gasteiger partial charge in [0, 0.05) is 16.3 Å². The van der Waals surface area contributed by atoms with E-state index in [0.717, 1.165) is 24.1 Å². The highest BCUT2D eigenvalue weighted by Gasteiger charge is 2.18. The fraction of sp³-hybridized carbons (Fsp3) is 0.667. The highest BCUT2D eigenvalue weighted by Crippen LogP contribution is 2.29. The minimum atomic E-state index is 0.0582. The minimum Gasteiger partial charge on any atom is -0.349 e. The van der Waals surface area contributed by atoms with Crippen LogP contribution in [0.5, 0.6) is 0 Å². The third kappa shape index (κ3) is 4.22. The van der Waals surface area contributed by atoms with Crippen LogP contribution < -0.4 is 5.32 Å². The summed E-state index contributed by atoms with van der Waals surface area (Å²) in [7, 11) is 0. The molecule has 0 radical (unpaired) electrons. The van der Waals surface area contributed by atoms with Gasteiger partial charge in [-0.2, -0.15) is 0 Å². The van der Waals surface area contributed by atoms with Gasteiger partial charge in [-0.15, -0.1) is 22.9 Å². The Hall–Kier alpha value is -0.540. The molecule has 19 heavy (non-hydrogen) atoms. The Balaban J connectivity index is 2.00. The van der Waals surface area contributed by atoms with Crippen molar-refractivity contribution >= 4 is 28.8 Å². The first-order valence-corrected chi connectivity index (χ1v) is 8.38. The number of alkyl halides is 1. The average molecular weight is 300 g/mol. The Bertz CT molecular complexity index is 418. The van der Waals surface area contributed by atoms with Gasteiger partial charge in [0.2, 0.25) is 0 Å². The molecule has 1 aliphatic carbocycles. The summed E-state index contributed by atoms with van der Waals surface area (Å²) in [5, 5.41) is 3.13. The molecule has 2 unspecified atom stereocenters. The summed E-state index contributed by atoms with van der Waals surface area (Å²) in [6.45, 7) is 3.97. The van der Waals surface area contributed by atoms with E-state index in [1.165, 1.54) is 29.7 Å². The molecule has 1 amide bonds. The summed E-state index contributed by atoms with van der Waals surface area (Å²) in [5.74, 6) is 0.0582. The van der Waals surface area contributed by atoms with Gasteiger partial charge in [-0.05, 0) is 57.6 Å². The molecule has 0 aromatic carbocycles. The summed E-state index contributed by atoms with van der Waals surface area (Å²) in [5.41, 5.74) is 1.39. The maximum absolute atomic E-state index is 12.2. The van der Waals surface area contributed by atoms with E-state index in [1.54, 1.807) is 11.3 Å². The lowest BCUT2D eigenvalue weighted by Crippen LogP contribution is -2.33. The van der Waals surface area contributed by atoms with Gasteiger partial charge in [0.1, 0.15) is 0 Å². The molecule has 4 heteroatoms. The van der Waals surface area contributed by atoms with E-state index in [-0.39, 0.29) is 17.3 Å². The van der Waals surface area contributed by atoms with E-state index in [0.29, 0.717) is 0 Å². The van der Waals surface area contributed by atoms with Crippen LogP contribution in [-0.2, 0) is 12.8 Å². The molecule has 2 atom stereocenters. The van der Waals surface area contributed by atoms with Crippen LogP contribution in [0.25, 0.3) is 0 Å². The van der Waals surface area contributed by atoms with E-state index in [2.05, 4.69) is 11.4 Å². The molecule has 0 bridgehead atoms. The molecular weight excluding hydrogens is 278 g/mol. The number of aryl methyl sites for hydroxylation is 2. The Morgan fingerprint density at radius 1 is 1.37 bits per heavy atom. The number of amides is 1. The molecule has 0 fully saturated rings. The summed E-state index contributed by atoms with van der Waals surface area (Å²) in [6.07, 6.45) is 6.90. The van der Waals surface area contributed by atoms with Crippen molar-refractivity contribution in [2.45, 2.75) is 63.8 Å². The van der Waals surface area contributed by atoms with Gasteiger partial charge in [0.25, 0.3) is 5.91 Å². The number of rotatable bonds is 4. The number of fused-ring (bicyclic) bond motifs is 1. The molecule has 1 aromatic rings. The second-order valence-corrected chi connectivity index (χ2v) is 7.39. The summed E-state index contributed by atoms with van der Waals surface area (Å²) in [4.78, 5) is 14.5. The smallest absolute Gasteiger partial charge is 0.261 e. The van der Waals surface area contributed by atoms with Crippen molar-refractivity contribution in [1.82, 2.24) is 5.32 Å². The fourth-order valence-corrected chi connectivity index (χ4v) is 4.04. The zero-order valence-corrected chi connectivity index (χ0v) is 13.2. The zero-order valence-electron chi connectivity index (χ0n) is 11.7. The van der Waals surface area contributed by atoms with Crippen LogP contribution in [0.1, 0.15) is 59.6 Å². The lowest BCUT2D eigenvalue weighted by atomic mass is 10.1. The first kappa shape index (κ1) is 14.9. The molecule has 106 valence electrons. The molecule has 1 N–H and O–H groups in total. The predicted octanol–water partition coefficient (Wildman–Crippen LogP) is 4.15. The first-order chi connectivity index (χ1) is 9.06. The van der Waals surface area contributed by atoms with Gasteiger partial charge in [-0.3, -0.25) is 4.79 Å². The molecule has 1 aliphatic rings. The number of nitrogens with one attached hydrogen (secondary N) is 1. The molecule has 0 saturated heterocycles. The van der Waals surface area contributed by atoms with Crippen molar-refractivity contribution in [2.24, 2.45) is 0 Å². The summed E-state index contributed by atoms with van der Waals surface area (Å²) >= 11 is 7.63. The predicted molar refractivity (Wildman–Crippen MR) is 82.4 cm³/mol. The zero-order chi connectivity index (χ0) is 13.8. The van der Waals surface area contributed by atoms with Crippen molar-refractivity contribution in [3.63, 3.8) is 0 Å². The van der Waals surface area contributed by atoms with Crippen LogP contribution in [0.2, 0.25) is 0 Å². The Kier molecular flexibility index (Phi) is 5.28. The minimum absolute atomic E-state index is 0.0582. The largest absolute Gasteiger partial charge is 0.349 e. The van der Waals surface area contributed by atoms with E-state index >= 15 is 0 Å². The van der Waals surface area contributed by atoms with E-state index in [9.17, 15) is 4.79 Å². The lowest BCUT2D eigenvalue weighted by Gasteiger charge is -2.14. The van der Waals surface area contributed by atoms with Gasteiger partial charge in [-0.25, -0.2) is 0 Å². The quantitative estimate of drug-likeness (QED) is 0.656. The molecule has 2 rings (SSSR count). The standard InChI is InChI=1S/C15H22ClNOS/c1-10(16)8-11(2)17-15(18)14-9-12-6-4-3-5-7-13(12)19-14/h9-11H,3-8H2,1-2H3,(H,17,18). The van der Waals surface area contributed by atoms with E-state index in [1.807, 2.05) is 13.8 Å². The normalized spacial score (nSPS) is 18.3. The molecule has 0 aliphatic heterocycles. The number of hydrogen-bond acceptors (Lipinski definition) is 2. The third-order valence-corrected chi connectivity index (χ3v) is 4.94. The fourth-order valence-electron chi connectivity index (χ4n) is 2.62. The van der Waals surface area contributed by atoms with Crippen LogP contribution in [0, 0.1) is 0 Å². The van der Waals surface area contributed by atoms with Crippen LogP contribution in [0.4, 0.5) is 0 Å². The molecular formula is C15H22ClNOS. The van der Waals surface area contributed by atoms with Crippen LogP contribution in [0.15, 0.2) is 6.07 Å². The van der Waals surface area contributed by atoms with Gasteiger partial charge in [0.05, 0.1) is 4.88 Å². The first-order valence-electron chi connectivity index (χ1n) is 7.12. The van der Waals surface area contributed by atoms with Gasteiger partial charge < -0.3 is 5.32 Å². The van der Waals surface area contributed by atoms with E-state index in [4.69, 9.17) is 11.6 Å². The van der Waals surface area contributed by atoms with Gasteiger partial charge in [-0.1, -0.05) is 6.42 Å². The maximum atomic E-state index is 12.2. The molecule has 0 saturated carbocycles. The Labute approximate surface area is 124 Å². The number of thiophene rings is 1. The summed E-state index contributed by atoms with van der Waals surface area (Å²) in [6, 6.07) is 2.22. The molecule has 2 nitrogen and oxygen atoms in total. The summed E-state index contributed by atoms with van der Waals surface area (Å²) < 4.78 is 0. The maximum Gasteiger partial charge on any atom is 0.261 e. The average Bonchev–Trinajstić information content (AvgIpc) is 2.60. The molecule has 0 spiro atoms. The third-order valence-electron chi connectivity index (χ3n) is 3.53. The Morgan fingerprint density at radius 2 is 2.11 bits per heavy atom. The topological polar surface area (TPSA) is 29.1 Å². The number of carbonyl (C=O) groups is 1. The van der Waals surface area contributed by atoms with Crippen molar-refractivity contribution < 1.29 is 4.79 Å². The van der Waals surface area contributed by atoms with Crippen LogP contribution in [0.3, 0.4) is 0 Å². The monoisotopic (exact) mass is 299 g/mol. The molecule has 1 heterocycles. The van der Waals surface area contributed by atoms with Gasteiger partial charge in [0.15, 0.2) is 0 Å². The Morgan fingerprint density at radius 3 is 2.84 bits per heavy atom. The van der Waals surface area contributed by atoms with E-state index < -0.39 is 0 Å². The van der Waals surface area contributed by atoms with Gasteiger partial charge >= 0.3 is 0 Å². The highest BCUT2D eigenvalue weighted by molar-refractivity contribution is 7.14. The number of carbonyl (C=O) groups excluding carboxylic acids is 1. The highest BCUT2D eigenvalue weighted by atomic mass is 35.5. The lowest BCUT2D eigenvalue weighted by molar-refractivity contribution is 0.0942. The molecule has 1 aromatic heterocycles. The van der Waals surface area contributed by atoms with Crippen molar-refractivity contribution in [2.75, 3.05) is 0 Å². The van der Waals surface area contributed by atoms with Crippen molar-refractivity contribution in [1.29, 1.82) is 0 Å². The SMILES string of the molecule is CC(Cl)CC(C)NC(=O)c1cc2c(s1)CCCCC2. The van der Waals surface area contributed by atoms with Crippen molar-refractivity contribution in [3.05, 3.63) is 21.4 Å². The van der Waals surface area contributed by atoms with Crippen LogP contribution >= 0.6 is 22.9 Å². The van der Waals surface area contributed by atoms with Crippen LogP contribution in [-0.4, -0.2) is 17.3 Å². The second kappa shape index (κ2) is 6.76. The number of hydrogen-bond donors (Lipinski definition) is 1. The number of halogens is 1.